The Morgan fingerprint density at radius 3 is 1.22 bits per heavy atom. The van der Waals surface area contributed by atoms with Gasteiger partial charge in [0.25, 0.3) is 0 Å². The van der Waals surface area contributed by atoms with Crippen LogP contribution >= 0.6 is 0 Å². The van der Waals surface area contributed by atoms with Gasteiger partial charge in [-0.2, -0.15) is 10.5 Å². The SMILES string of the molecule is [2H]c1ccc(/C=C/c2c(C#N)c(/C=C/c3ccc([2H])cc3)c([N+]#[C-])c(/C=C/c3ccc([2H])cc3)c2C#N)cc1. The lowest BCUT2D eigenvalue weighted by Gasteiger charge is -2.13. The van der Waals surface area contributed by atoms with Gasteiger partial charge in [0.1, 0.15) is 0 Å². The van der Waals surface area contributed by atoms with Gasteiger partial charge >= 0.3 is 0 Å². The molecule has 0 spiro atoms. The van der Waals surface area contributed by atoms with Gasteiger partial charge in [-0.3, -0.25) is 0 Å². The molecule has 0 radical (unpaired) electrons. The van der Waals surface area contributed by atoms with E-state index in [0.29, 0.717) is 34.8 Å². The number of rotatable bonds is 6. The average molecular weight is 463 g/mol. The lowest BCUT2D eigenvalue weighted by molar-refractivity contribution is 1.41. The first kappa shape index (κ1) is 20.0. The summed E-state index contributed by atoms with van der Waals surface area (Å²) in [6.45, 7) is 7.97. The third-order valence-electron chi connectivity index (χ3n) is 5.48. The van der Waals surface area contributed by atoms with Gasteiger partial charge in [0, 0.05) is 5.56 Å². The highest BCUT2D eigenvalue weighted by molar-refractivity contribution is 5.94. The molecule has 0 aliphatic carbocycles. The van der Waals surface area contributed by atoms with Gasteiger partial charge < -0.3 is 0 Å². The van der Waals surface area contributed by atoms with Gasteiger partial charge in [-0.05, 0) is 27.8 Å². The summed E-state index contributed by atoms with van der Waals surface area (Å²) < 4.78 is 23.1. The van der Waals surface area contributed by atoms with E-state index in [1.165, 1.54) is 0 Å². The van der Waals surface area contributed by atoms with Crippen molar-refractivity contribution < 1.29 is 4.11 Å². The summed E-state index contributed by atoms with van der Waals surface area (Å²) in [5.74, 6) is 0. The lowest BCUT2D eigenvalue weighted by atomic mass is 9.89. The summed E-state index contributed by atoms with van der Waals surface area (Å²) in [6.07, 6.45) is 10.4. The Morgan fingerprint density at radius 2 is 0.917 bits per heavy atom. The second-order valence-electron chi connectivity index (χ2n) is 7.68. The molecule has 168 valence electrons. The Morgan fingerprint density at radius 1 is 0.583 bits per heavy atom. The predicted octanol–water partition coefficient (Wildman–Crippen LogP) is 8.49. The number of hydrogen-bond donors (Lipinski definition) is 0. The van der Waals surface area contributed by atoms with Crippen molar-refractivity contribution in [1.82, 2.24) is 0 Å². The zero-order valence-electron chi connectivity index (χ0n) is 22.2. The van der Waals surface area contributed by atoms with Gasteiger partial charge in [0.2, 0.25) is 5.69 Å². The molecular weight excluding hydrogens is 438 g/mol. The monoisotopic (exact) mass is 462 g/mol. The first-order chi connectivity index (χ1) is 18.9. The molecule has 0 fully saturated rings. The van der Waals surface area contributed by atoms with Crippen molar-refractivity contribution in [3.8, 4) is 12.1 Å². The maximum atomic E-state index is 10.2. The van der Waals surface area contributed by atoms with Gasteiger partial charge in [-0.1, -0.05) is 127 Å². The Balaban J connectivity index is 1.96. The topological polar surface area (TPSA) is 51.9 Å². The van der Waals surface area contributed by atoms with Crippen LogP contribution in [0.25, 0.3) is 41.3 Å². The van der Waals surface area contributed by atoms with Crippen molar-refractivity contribution in [2.75, 3.05) is 0 Å². The molecule has 4 rings (SSSR count). The van der Waals surface area contributed by atoms with E-state index in [-0.39, 0.29) is 16.8 Å². The summed E-state index contributed by atoms with van der Waals surface area (Å²) in [6, 6.07) is 26.2. The summed E-state index contributed by atoms with van der Waals surface area (Å²) >= 11 is 0. The quantitative estimate of drug-likeness (QED) is 0.213. The molecule has 0 aromatic heterocycles. The molecule has 4 aromatic rings. The number of nitriles is 2. The van der Waals surface area contributed by atoms with Gasteiger partial charge in [0.05, 0.1) is 33.9 Å². The zero-order valence-corrected chi connectivity index (χ0v) is 19.2. The third-order valence-corrected chi connectivity index (χ3v) is 5.48. The molecule has 0 atom stereocenters. The van der Waals surface area contributed by atoms with Crippen LogP contribution in [0.5, 0.6) is 0 Å². The second-order valence-corrected chi connectivity index (χ2v) is 7.68. The van der Waals surface area contributed by atoms with E-state index in [4.69, 9.17) is 10.7 Å². The van der Waals surface area contributed by atoms with Crippen LogP contribution in [-0.4, -0.2) is 0 Å². The second kappa shape index (κ2) is 11.6. The van der Waals surface area contributed by atoms with Crippen molar-refractivity contribution in [2.45, 2.75) is 0 Å². The van der Waals surface area contributed by atoms with Crippen LogP contribution < -0.4 is 0 Å². The Kier molecular flexibility index (Phi) is 6.45. The molecule has 0 aliphatic rings. The summed E-state index contributed by atoms with van der Waals surface area (Å²) in [5, 5.41) is 20.4. The van der Waals surface area contributed by atoms with E-state index in [1.807, 2.05) is 0 Å². The van der Waals surface area contributed by atoms with E-state index in [9.17, 15) is 10.5 Å². The highest BCUT2D eigenvalue weighted by Crippen LogP contribution is 2.38. The zero-order chi connectivity index (χ0) is 27.8. The van der Waals surface area contributed by atoms with Crippen LogP contribution in [-0.2, 0) is 0 Å². The molecular formula is C33H21N3. The standard InChI is InChI=1S/C33H21N3/c1-36-33-29(21-18-26-13-7-3-8-14-26)31(23-34)28(20-17-25-11-5-2-6-12-25)32(24-35)30(33)22-19-27-15-9-4-10-16-27/h2-22H/b20-17+,21-18+,22-19+/i2D,3D,4D. The van der Waals surface area contributed by atoms with Crippen molar-refractivity contribution >= 4 is 42.1 Å². The Labute approximate surface area is 215 Å². The average Bonchev–Trinajstić information content (AvgIpc) is 2.95. The van der Waals surface area contributed by atoms with E-state index >= 15 is 0 Å². The first-order valence-corrected chi connectivity index (χ1v) is 11.1. The largest absolute Gasteiger partial charge is 0.237 e. The van der Waals surface area contributed by atoms with E-state index < -0.39 is 0 Å². The van der Waals surface area contributed by atoms with Crippen LogP contribution in [0.2, 0.25) is 0 Å². The fourth-order valence-corrected chi connectivity index (χ4v) is 3.72. The molecule has 0 saturated heterocycles. The van der Waals surface area contributed by atoms with Crippen LogP contribution in [0.1, 0.15) is 48.6 Å². The van der Waals surface area contributed by atoms with Crippen LogP contribution in [0, 0.1) is 29.2 Å². The van der Waals surface area contributed by atoms with Crippen LogP contribution in [0.4, 0.5) is 5.69 Å². The molecule has 0 amide bonds. The van der Waals surface area contributed by atoms with Crippen molar-refractivity contribution in [3.05, 3.63) is 147 Å². The van der Waals surface area contributed by atoms with Gasteiger partial charge in [-0.15, -0.1) is 0 Å². The van der Waals surface area contributed by atoms with Crippen molar-refractivity contribution in [1.29, 1.82) is 10.5 Å². The lowest BCUT2D eigenvalue weighted by Crippen LogP contribution is -1.98. The Bertz CT molecular complexity index is 1500. The fourth-order valence-electron chi connectivity index (χ4n) is 3.72. The molecule has 3 heteroatoms. The minimum absolute atomic E-state index is 0.181. The van der Waals surface area contributed by atoms with E-state index in [1.54, 1.807) is 109 Å². The molecule has 0 unspecified atom stereocenters. The molecule has 0 N–H and O–H groups in total. The van der Waals surface area contributed by atoms with Crippen LogP contribution in [0.15, 0.2) is 90.9 Å². The normalized spacial score (nSPS) is 12.1. The minimum atomic E-state index is 0.181. The fraction of sp³-hybridized carbons (Fsp3) is 0. The molecule has 3 nitrogen and oxygen atoms in total. The number of nitrogens with zero attached hydrogens (tertiary/aromatic N) is 3. The smallest absolute Gasteiger partial charge is 0.204 e. The number of benzene rings is 4. The molecule has 0 heterocycles. The minimum Gasteiger partial charge on any atom is -0.237 e. The van der Waals surface area contributed by atoms with Gasteiger partial charge in [-0.25, -0.2) is 4.85 Å². The summed E-state index contributed by atoms with van der Waals surface area (Å²) in [4.78, 5) is 3.75. The molecule has 0 bridgehead atoms. The maximum absolute atomic E-state index is 10.2. The third kappa shape index (κ3) is 5.37. The van der Waals surface area contributed by atoms with Crippen LogP contribution in [0.3, 0.4) is 0 Å². The highest BCUT2D eigenvalue weighted by atomic mass is 14.7. The maximum Gasteiger partial charge on any atom is 0.204 e. The van der Waals surface area contributed by atoms with Gasteiger partial charge in [0.15, 0.2) is 0 Å². The van der Waals surface area contributed by atoms with E-state index in [0.717, 1.165) is 16.7 Å². The molecule has 0 saturated carbocycles. The Hall–Kier alpha value is -5.43. The summed E-state index contributed by atoms with van der Waals surface area (Å²) in [5.41, 5.74) is 4.17. The highest BCUT2D eigenvalue weighted by Gasteiger charge is 2.20. The molecule has 36 heavy (non-hydrogen) atoms. The van der Waals surface area contributed by atoms with Crippen molar-refractivity contribution in [3.63, 3.8) is 0 Å². The van der Waals surface area contributed by atoms with Crippen molar-refractivity contribution in [2.24, 2.45) is 0 Å². The van der Waals surface area contributed by atoms with E-state index in [2.05, 4.69) is 17.0 Å². The predicted molar refractivity (Wildman–Crippen MR) is 148 cm³/mol. The number of hydrogen-bond acceptors (Lipinski definition) is 2. The summed E-state index contributed by atoms with van der Waals surface area (Å²) in [7, 11) is 0. The first-order valence-electron chi connectivity index (χ1n) is 12.6. The molecule has 0 aliphatic heterocycles. The molecule has 4 aromatic carbocycles.